The number of unbranched alkanes of at least 4 members (excludes halogenated alkanes) is 1. The first-order valence-corrected chi connectivity index (χ1v) is 6.34. The molecule has 1 aromatic rings. The molecule has 0 aliphatic heterocycles. The number of carbonyl (C=O) groups excluding carboxylic acids is 1. The molecule has 0 heterocycles. The maximum atomic E-state index is 13.6. The third kappa shape index (κ3) is 4.45. The van der Waals surface area contributed by atoms with Crippen LogP contribution in [0.2, 0.25) is 0 Å². The lowest BCUT2D eigenvalue weighted by molar-refractivity contribution is -0.130. The minimum Gasteiger partial charge on any atom is -0.337 e. The van der Waals surface area contributed by atoms with Crippen LogP contribution in [0, 0.1) is 5.82 Å². The largest absolute Gasteiger partial charge is 0.337 e. The van der Waals surface area contributed by atoms with Crippen molar-refractivity contribution in [2.45, 2.75) is 26.3 Å². The molecule has 0 saturated carbocycles. The number of likely N-dealkylation sites (N-methyl/N-ethyl adjacent to an activating group) is 1. The van der Waals surface area contributed by atoms with Crippen molar-refractivity contribution in [1.29, 1.82) is 0 Å². The Bertz CT molecular complexity index is 382. The second-order valence-corrected chi connectivity index (χ2v) is 4.29. The van der Waals surface area contributed by atoms with E-state index in [9.17, 15) is 9.18 Å². The van der Waals surface area contributed by atoms with Crippen molar-refractivity contribution in [2.75, 3.05) is 20.1 Å². The summed E-state index contributed by atoms with van der Waals surface area (Å²) in [6, 6.07) is 6.60. The van der Waals surface area contributed by atoms with Crippen molar-refractivity contribution in [3.05, 3.63) is 35.6 Å². The summed E-state index contributed by atoms with van der Waals surface area (Å²) < 4.78 is 13.6. The number of amides is 1. The van der Waals surface area contributed by atoms with Gasteiger partial charge in [0.1, 0.15) is 5.82 Å². The number of hydrogen-bond donors (Lipinski definition) is 1. The zero-order valence-electron chi connectivity index (χ0n) is 11.1. The molecule has 0 radical (unpaired) electrons. The zero-order chi connectivity index (χ0) is 13.4. The van der Waals surface area contributed by atoms with Crippen LogP contribution in [-0.2, 0) is 11.3 Å². The smallest absolute Gasteiger partial charge is 0.236 e. The van der Waals surface area contributed by atoms with E-state index in [1.165, 1.54) is 6.07 Å². The molecule has 0 aromatic heterocycles. The van der Waals surface area contributed by atoms with Crippen LogP contribution in [0.3, 0.4) is 0 Å². The molecule has 1 rings (SSSR count). The maximum absolute atomic E-state index is 13.6. The Morgan fingerprint density at radius 3 is 2.72 bits per heavy atom. The second-order valence-electron chi connectivity index (χ2n) is 4.29. The quantitative estimate of drug-likeness (QED) is 0.806. The van der Waals surface area contributed by atoms with E-state index in [0.29, 0.717) is 18.7 Å². The number of halogens is 1. The number of nitrogens with one attached hydrogen (secondary N) is 1. The number of hydrogen-bond acceptors (Lipinski definition) is 2. The average Bonchev–Trinajstić information content (AvgIpc) is 2.36. The molecule has 18 heavy (non-hydrogen) atoms. The van der Waals surface area contributed by atoms with E-state index < -0.39 is 0 Å². The molecule has 0 aliphatic carbocycles. The summed E-state index contributed by atoms with van der Waals surface area (Å²) in [6.07, 6.45) is 1.95. The summed E-state index contributed by atoms with van der Waals surface area (Å²) in [5, 5.41) is 2.84. The van der Waals surface area contributed by atoms with E-state index in [0.717, 1.165) is 12.8 Å². The van der Waals surface area contributed by atoms with Crippen LogP contribution in [0.5, 0.6) is 0 Å². The SMILES string of the molecule is CCCCN(Cc1ccccc1F)C(=O)CNC. The van der Waals surface area contributed by atoms with Gasteiger partial charge in [0.05, 0.1) is 6.54 Å². The maximum Gasteiger partial charge on any atom is 0.236 e. The molecular formula is C14H21FN2O. The van der Waals surface area contributed by atoms with Gasteiger partial charge >= 0.3 is 0 Å². The molecule has 1 amide bonds. The Kier molecular flexibility index (Phi) is 6.36. The number of benzene rings is 1. The van der Waals surface area contributed by atoms with E-state index in [-0.39, 0.29) is 18.3 Å². The molecule has 4 heteroatoms. The van der Waals surface area contributed by atoms with E-state index in [1.54, 1.807) is 30.1 Å². The fourth-order valence-electron chi connectivity index (χ4n) is 1.74. The highest BCUT2D eigenvalue weighted by Gasteiger charge is 2.14. The Hall–Kier alpha value is -1.42. The highest BCUT2D eigenvalue weighted by molar-refractivity contribution is 5.78. The van der Waals surface area contributed by atoms with E-state index in [2.05, 4.69) is 12.2 Å². The topological polar surface area (TPSA) is 32.3 Å². The van der Waals surface area contributed by atoms with Gasteiger partial charge in [-0.3, -0.25) is 4.79 Å². The van der Waals surface area contributed by atoms with Gasteiger partial charge in [-0.2, -0.15) is 0 Å². The molecular weight excluding hydrogens is 231 g/mol. The van der Waals surface area contributed by atoms with E-state index in [1.807, 2.05) is 0 Å². The molecule has 0 atom stereocenters. The van der Waals surface area contributed by atoms with Crippen molar-refractivity contribution < 1.29 is 9.18 Å². The molecule has 0 fully saturated rings. The molecule has 0 bridgehead atoms. The van der Waals surface area contributed by atoms with Crippen LogP contribution < -0.4 is 5.32 Å². The Morgan fingerprint density at radius 1 is 1.39 bits per heavy atom. The van der Waals surface area contributed by atoms with Gasteiger partial charge in [0.2, 0.25) is 5.91 Å². The number of carbonyl (C=O) groups is 1. The highest BCUT2D eigenvalue weighted by atomic mass is 19.1. The lowest BCUT2D eigenvalue weighted by Gasteiger charge is -2.22. The fourth-order valence-corrected chi connectivity index (χ4v) is 1.74. The van der Waals surface area contributed by atoms with Crippen molar-refractivity contribution >= 4 is 5.91 Å². The molecule has 1 N–H and O–H groups in total. The van der Waals surface area contributed by atoms with Crippen LogP contribution >= 0.6 is 0 Å². The summed E-state index contributed by atoms with van der Waals surface area (Å²) in [7, 11) is 1.74. The first-order chi connectivity index (χ1) is 8.69. The van der Waals surface area contributed by atoms with Crippen molar-refractivity contribution in [3.63, 3.8) is 0 Å². The molecule has 0 unspecified atom stereocenters. The van der Waals surface area contributed by atoms with Crippen LogP contribution in [0.1, 0.15) is 25.3 Å². The van der Waals surface area contributed by atoms with Gasteiger partial charge in [-0.05, 0) is 19.5 Å². The average molecular weight is 252 g/mol. The van der Waals surface area contributed by atoms with Crippen molar-refractivity contribution in [3.8, 4) is 0 Å². The third-order valence-electron chi connectivity index (χ3n) is 2.78. The second kappa shape index (κ2) is 7.82. The molecule has 3 nitrogen and oxygen atoms in total. The summed E-state index contributed by atoms with van der Waals surface area (Å²) in [4.78, 5) is 13.6. The first-order valence-electron chi connectivity index (χ1n) is 6.34. The van der Waals surface area contributed by atoms with Gasteiger partial charge in [0.15, 0.2) is 0 Å². The van der Waals surface area contributed by atoms with Crippen molar-refractivity contribution in [1.82, 2.24) is 10.2 Å². The lowest BCUT2D eigenvalue weighted by Crippen LogP contribution is -2.37. The summed E-state index contributed by atoms with van der Waals surface area (Å²) in [5.74, 6) is -0.245. The molecule has 1 aromatic carbocycles. The van der Waals surface area contributed by atoms with Gasteiger partial charge in [-0.1, -0.05) is 31.5 Å². The van der Waals surface area contributed by atoms with Gasteiger partial charge in [-0.15, -0.1) is 0 Å². The minimum atomic E-state index is -0.253. The van der Waals surface area contributed by atoms with E-state index >= 15 is 0 Å². The van der Waals surface area contributed by atoms with Gasteiger partial charge in [-0.25, -0.2) is 4.39 Å². The van der Waals surface area contributed by atoms with Gasteiger partial charge < -0.3 is 10.2 Å². The van der Waals surface area contributed by atoms with Gasteiger partial charge in [0.25, 0.3) is 0 Å². The highest BCUT2D eigenvalue weighted by Crippen LogP contribution is 2.10. The predicted octanol–water partition coefficient (Wildman–Crippen LogP) is 2.17. The Morgan fingerprint density at radius 2 is 2.11 bits per heavy atom. The Labute approximate surface area is 108 Å². The molecule has 0 aliphatic rings. The third-order valence-corrected chi connectivity index (χ3v) is 2.78. The summed E-state index contributed by atoms with van der Waals surface area (Å²) >= 11 is 0. The Balaban J connectivity index is 2.71. The van der Waals surface area contributed by atoms with E-state index in [4.69, 9.17) is 0 Å². The first kappa shape index (κ1) is 14.6. The summed E-state index contributed by atoms with van der Waals surface area (Å²) in [5.41, 5.74) is 0.568. The fraction of sp³-hybridized carbons (Fsp3) is 0.500. The molecule has 0 saturated heterocycles. The predicted molar refractivity (Wildman–Crippen MR) is 70.7 cm³/mol. The standard InChI is InChI=1S/C14H21FN2O/c1-3-4-9-17(14(18)10-16-2)11-12-7-5-6-8-13(12)15/h5-8,16H,3-4,9-11H2,1-2H3. The van der Waals surface area contributed by atoms with Crippen LogP contribution in [-0.4, -0.2) is 30.9 Å². The lowest BCUT2D eigenvalue weighted by atomic mass is 10.2. The number of nitrogens with zero attached hydrogens (tertiary/aromatic N) is 1. The van der Waals surface area contributed by atoms with Crippen LogP contribution in [0.15, 0.2) is 24.3 Å². The normalized spacial score (nSPS) is 10.4. The minimum absolute atomic E-state index is 0.00852. The molecule has 100 valence electrons. The summed E-state index contributed by atoms with van der Waals surface area (Å²) in [6.45, 7) is 3.38. The number of rotatable bonds is 7. The van der Waals surface area contributed by atoms with Crippen LogP contribution in [0.25, 0.3) is 0 Å². The van der Waals surface area contributed by atoms with Crippen molar-refractivity contribution in [2.24, 2.45) is 0 Å². The monoisotopic (exact) mass is 252 g/mol. The van der Waals surface area contributed by atoms with Crippen LogP contribution in [0.4, 0.5) is 4.39 Å². The molecule has 0 spiro atoms. The zero-order valence-corrected chi connectivity index (χ0v) is 11.1. The van der Waals surface area contributed by atoms with Gasteiger partial charge in [0, 0.05) is 18.7 Å².